The molecule has 1 N–H and O–H groups in total. The maximum Gasteiger partial charge on any atom is 0.309 e. The van der Waals surface area contributed by atoms with Crippen LogP contribution in [0.5, 0.6) is 5.75 Å². The lowest BCUT2D eigenvalue weighted by molar-refractivity contribution is -0.150. The van der Waals surface area contributed by atoms with Gasteiger partial charge in [0.05, 0.1) is 13.0 Å². The van der Waals surface area contributed by atoms with Gasteiger partial charge in [-0.15, -0.1) is 0 Å². The van der Waals surface area contributed by atoms with Crippen LogP contribution in [0.15, 0.2) is 24.3 Å². The molecule has 0 bridgehead atoms. The summed E-state index contributed by atoms with van der Waals surface area (Å²) in [6, 6.07) is 7.59. The zero-order chi connectivity index (χ0) is 12.8. The van der Waals surface area contributed by atoms with E-state index >= 15 is 0 Å². The quantitative estimate of drug-likeness (QED) is 0.826. The fourth-order valence-corrected chi connectivity index (χ4v) is 2.15. The third kappa shape index (κ3) is 3.23. The van der Waals surface area contributed by atoms with Gasteiger partial charge >= 0.3 is 5.97 Å². The summed E-state index contributed by atoms with van der Waals surface area (Å²) in [6.07, 6.45) is 1.73. The monoisotopic (exact) mass is 249 g/mol. The third-order valence-electron chi connectivity index (χ3n) is 3.23. The van der Waals surface area contributed by atoms with Crippen molar-refractivity contribution in [2.45, 2.75) is 19.4 Å². The first-order chi connectivity index (χ1) is 8.81. The van der Waals surface area contributed by atoms with Crippen LogP contribution < -0.4 is 10.1 Å². The summed E-state index contributed by atoms with van der Waals surface area (Å²) < 4.78 is 10.6. The maximum atomic E-state index is 11.9. The third-order valence-corrected chi connectivity index (χ3v) is 3.23. The van der Waals surface area contributed by atoms with Gasteiger partial charge in [-0.3, -0.25) is 4.79 Å². The molecule has 98 valence electrons. The van der Waals surface area contributed by atoms with Crippen LogP contribution in [0.25, 0.3) is 0 Å². The molecule has 0 spiro atoms. The van der Waals surface area contributed by atoms with E-state index in [1.165, 1.54) is 0 Å². The molecule has 1 heterocycles. The van der Waals surface area contributed by atoms with Gasteiger partial charge in [0.2, 0.25) is 0 Å². The first kappa shape index (κ1) is 12.9. The number of ether oxygens (including phenoxy) is 2. The fraction of sp³-hybridized carbons (Fsp3) is 0.500. The van der Waals surface area contributed by atoms with E-state index in [-0.39, 0.29) is 18.5 Å². The largest absolute Gasteiger partial charge is 0.496 e. The lowest BCUT2D eigenvalue weighted by Crippen LogP contribution is -2.32. The topological polar surface area (TPSA) is 47.6 Å². The van der Waals surface area contributed by atoms with E-state index in [4.69, 9.17) is 9.47 Å². The highest BCUT2D eigenvalue weighted by atomic mass is 16.5. The maximum absolute atomic E-state index is 11.9. The van der Waals surface area contributed by atoms with Gasteiger partial charge in [-0.25, -0.2) is 0 Å². The second-order valence-corrected chi connectivity index (χ2v) is 4.44. The number of hydrogen-bond donors (Lipinski definition) is 1. The second-order valence-electron chi connectivity index (χ2n) is 4.44. The molecule has 2 rings (SSSR count). The van der Waals surface area contributed by atoms with Crippen LogP contribution in [-0.4, -0.2) is 26.2 Å². The molecule has 1 fully saturated rings. The van der Waals surface area contributed by atoms with Crippen LogP contribution in [-0.2, 0) is 16.1 Å². The highest BCUT2D eigenvalue weighted by molar-refractivity contribution is 5.72. The van der Waals surface area contributed by atoms with Gasteiger partial charge in [-0.1, -0.05) is 18.2 Å². The number of hydrogen-bond acceptors (Lipinski definition) is 4. The zero-order valence-electron chi connectivity index (χ0n) is 10.6. The lowest BCUT2D eigenvalue weighted by Gasteiger charge is -2.21. The molecule has 0 amide bonds. The number of esters is 1. The molecule has 0 unspecified atom stereocenters. The van der Waals surface area contributed by atoms with E-state index in [0.29, 0.717) is 0 Å². The molecule has 0 saturated carbocycles. The van der Waals surface area contributed by atoms with Crippen LogP contribution >= 0.6 is 0 Å². The molecule has 4 heteroatoms. The molecule has 1 saturated heterocycles. The molecular formula is C14H19NO3. The lowest BCUT2D eigenvalue weighted by atomic mass is 9.98. The SMILES string of the molecule is COc1ccccc1COC(=O)C1CCNCC1. The average Bonchev–Trinajstić information content (AvgIpc) is 2.46. The minimum absolute atomic E-state index is 0.0426. The van der Waals surface area contributed by atoms with Crippen molar-refractivity contribution in [3.8, 4) is 5.75 Å². The molecule has 4 nitrogen and oxygen atoms in total. The summed E-state index contributed by atoms with van der Waals surface area (Å²) in [6.45, 7) is 2.08. The van der Waals surface area contributed by atoms with E-state index < -0.39 is 0 Å². The first-order valence-corrected chi connectivity index (χ1v) is 6.30. The molecule has 0 radical (unpaired) electrons. The summed E-state index contributed by atoms with van der Waals surface area (Å²) in [5.41, 5.74) is 0.905. The van der Waals surface area contributed by atoms with Crippen molar-refractivity contribution >= 4 is 5.97 Å². The molecule has 0 atom stereocenters. The Labute approximate surface area is 107 Å². The van der Waals surface area contributed by atoms with E-state index in [1.54, 1.807) is 7.11 Å². The number of benzene rings is 1. The van der Waals surface area contributed by atoms with Crippen molar-refractivity contribution in [1.82, 2.24) is 5.32 Å². The smallest absolute Gasteiger partial charge is 0.309 e. The number of piperidine rings is 1. The fourth-order valence-electron chi connectivity index (χ4n) is 2.15. The standard InChI is InChI=1S/C14H19NO3/c1-17-13-5-3-2-4-12(13)10-18-14(16)11-6-8-15-9-7-11/h2-5,11,15H,6-10H2,1H3. The van der Waals surface area contributed by atoms with Crippen LogP contribution in [0.3, 0.4) is 0 Å². The Bertz CT molecular complexity index is 400. The Kier molecular flexibility index (Phi) is 4.59. The number of methoxy groups -OCH3 is 1. The van der Waals surface area contributed by atoms with E-state index in [2.05, 4.69) is 5.32 Å². The summed E-state index contributed by atoms with van der Waals surface area (Å²) in [4.78, 5) is 11.9. The number of carbonyl (C=O) groups excluding carboxylic acids is 1. The molecule has 0 aliphatic carbocycles. The molecule has 18 heavy (non-hydrogen) atoms. The Morgan fingerprint density at radius 1 is 1.33 bits per heavy atom. The zero-order valence-corrected chi connectivity index (χ0v) is 10.6. The summed E-state index contributed by atoms with van der Waals surface area (Å²) in [5.74, 6) is 0.707. The molecule has 1 aliphatic rings. The Hall–Kier alpha value is -1.55. The van der Waals surface area contributed by atoms with Gasteiger partial charge in [0.1, 0.15) is 12.4 Å². The Morgan fingerprint density at radius 2 is 2.06 bits per heavy atom. The minimum Gasteiger partial charge on any atom is -0.496 e. The molecule has 0 aromatic heterocycles. The van der Waals surface area contributed by atoms with E-state index in [1.807, 2.05) is 24.3 Å². The number of para-hydroxylation sites is 1. The van der Waals surface area contributed by atoms with Crippen LogP contribution in [0.2, 0.25) is 0 Å². The molecule has 1 aliphatic heterocycles. The van der Waals surface area contributed by atoms with Gasteiger partial charge in [0.25, 0.3) is 0 Å². The molecule has 1 aromatic rings. The molecular weight excluding hydrogens is 230 g/mol. The highest BCUT2D eigenvalue weighted by Crippen LogP contribution is 2.20. The van der Waals surface area contributed by atoms with Crippen LogP contribution in [0.1, 0.15) is 18.4 Å². The van der Waals surface area contributed by atoms with E-state index in [9.17, 15) is 4.79 Å². The van der Waals surface area contributed by atoms with E-state index in [0.717, 1.165) is 37.2 Å². The van der Waals surface area contributed by atoms with Crippen LogP contribution in [0.4, 0.5) is 0 Å². The van der Waals surface area contributed by atoms with Crippen molar-refractivity contribution in [2.75, 3.05) is 20.2 Å². The van der Waals surface area contributed by atoms with Crippen molar-refractivity contribution in [1.29, 1.82) is 0 Å². The summed E-state index contributed by atoms with van der Waals surface area (Å²) >= 11 is 0. The normalized spacial score (nSPS) is 16.3. The second kappa shape index (κ2) is 6.40. The number of nitrogens with one attached hydrogen (secondary N) is 1. The van der Waals surface area contributed by atoms with Gasteiger partial charge in [-0.2, -0.15) is 0 Å². The van der Waals surface area contributed by atoms with Crippen LogP contribution in [0, 0.1) is 5.92 Å². The van der Waals surface area contributed by atoms with Gasteiger partial charge in [0, 0.05) is 5.56 Å². The Morgan fingerprint density at radius 3 is 2.78 bits per heavy atom. The average molecular weight is 249 g/mol. The van der Waals surface area contributed by atoms with Gasteiger partial charge in [-0.05, 0) is 32.0 Å². The highest BCUT2D eigenvalue weighted by Gasteiger charge is 2.22. The number of carbonyl (C=O) groups is 1. The first-order valence-electron chi connectivity index (χ1n) is 6.30. The van der Waals surface area contributed by atoms with Crippen molar-refractivity contribution in [3.63, 3.8) is 0 Å². The van der Waals surface area contributed by atoms with Crippen molar-refractivity contribution in [2.24, 2.45) is 5.92 Å². The minimum atomic E-state index is -0.0950. The predicted molar refractivity (Wildman–Crippen MR) is 68.4 cm³/mol. The van der Waals surface area contributed by atoms with Crippen molar-refractivity contribution < 1.29 is 14.3 Å². The summed E-state index contributed by atoms with van der Waals surface area (Å²) in [5, 5.41) is 3.23. The summed E-state index contributed by atoms with van der Waals surface area (Å²) in [7, 11) is 1.62. The molecule has 1 aromatic carbocycles. The van der Waals surface area contributed by atoms with Gasteiger partial charge in [0.15, 0.2) is 0 Å². The van der Waals surface area contributed by atoms with Crippen molar-refractivity contribution in [3.05, 3.63) is 29.8 Å². The van der Waals surface area contributed by atoms with Gasteiger partial charge < -0.3 is 14.8 Å². The number of rotatable bonds is 4. The predicted octanol–water partition coefficient (Wildman–Crippen LogP) is 1.74. The Balaban J connectivity index is 1.88.